The average Bonchev–Trinajstić information content (AvgIpc) is 2.42. The largest absolute Gasteiger partial charge is 0.313 e. The number of hydrogen-bond acceptors (Lipinski definition) is 2. The van der Waals surface area contributed by atoms with Gasteiger partial charge in [-0.3, -0.25) is 0 Å². The van der Waals surface area contributed by atoms with Crippen LogP contribution >= 0.6 is 11.6 Å². The van der Waals surface area contributed by atoms with Crippen LogP contribution in [0.4, 0.5) is 4.39 Å². The Balaban J connectivity index is 1.61. The molecule has 4 heteroatoms. The fourth-order valence-corrected chi connectivity index (χ4v) is 2.73. The van der Waals surface area contributed by atoms with Gasteiger partial charge in [0, 0.05) is 11.6 Å². The standard InChI is InChI=1S/C15H22ClFN2/c16-15-11-14(17)6-5-13(15)12-18-7-4-10-19-8-2-1-3-9-19/h5-6,11,18H,1-4,7-10,12H2. The zero-order chi connectivity index (χ0) is 13.5. The molecule has 1 aromatic carbocycles. The summed E-state index contributed by atoms with van der Waals surface area (Å²) in [5.41, 5.74) is 0.959. The van der Waals surface area contributed by atoms with Crippen LogP contribution in [0.25, 0.3) is 0 Å². The molecule has 2 rings (SSSR count). The molecular weight excluding hydrogens is 263 g/mol. The maximum atomic E-state index is 12.9. The molecule has 2 nitrogen and oxygen atoms in total. The smallest absolute Gasteiger partial charge is 0.124 e. The normalized spacial score (nSPS) is 16.7. The van der Waals surface area contributed by atoms with E-state index in [-0.39, 0.29) is 5.82 Å². The van der Waals surface area contributed by atoms with Crippen LogP contribution in [0, 0.1) is 5.82 Å². The summed E-state index contributed by atoms with van der Waals surface area (Å²) >= 11 is 5.98. The average molecular weight is 285 g/mol. The van der Waals surface area contributed by atoms with Gasteiger partial charge in [-0.25, -0.2) is 4.39 Å². The van der Waals surface area contributed by atoms with Crippen molar-refractivity contribution in [3.05, 3.63) is 34.6 Å². The summed E-state index contributed by atoms with van der Waals surface area (Å²) < 4.78 is 12.9. The van der Waals surface area contributed by atoms with Crippen molar-refractivity contribution in [3.63, 3.8) is 0 Å². The minimum atomic E-state index is -0.279. The number of hydrogen-bond donors (Lipinski definition) is 1. The molecule has 0 saturated carbocycles. The van der Waals surface area contributed by atoms with Crippen molar-refractivity contribution in [3.8, 4) is 0 Å². The third-order valence-corrected chi connectivity index (χ3v) is 3.96. The van der Waals surface area contributed by atoms with Gasteiger partial charge in [0.2, 0.25) is 0 Å². The zero-order valence-electron chi connectivity index (χ0n) is 11.3. The van der Waals surface area contributed by atoms with E-state index in [0.29, 0.717) is 11.6 Å². The van der Waals surface area contributed by atoms with Crippen LogP contribution in [0.3, 0.4) is 0 Å². The predicted octanol–water partition coefficient (Wildman–Crippen LogP) is 3.44. The molecule has 0 aromatic heterocycles. The van der Waals surface area contributed by atoms with E-state index in [2.05, 4.69) is 10.2 Å². The van der Waals surface area contributed by atoms with Crippen molar-refractivity contribution in [1.82, 2.24) is 10.2 Å². The molecule has 1 saturated heterocycles. The summed E-state index contributed by atoms with van der Waals surface area (Å²) in [5, 5.41) is 3.87. The maximum Gasteiger partial charge on any atom is 0.124 e. The summed E-state index contributed by atoms with van der Waals surface area (Å²) in [5.74, 6) is -0.279. The van der Waals surface area contributed by atoms with E-state index in [1.54, 1.807) is 6.07 Å². The number of benzene rings is 1. The molecule has 106 valence electrons. The molecular formula is C15H22ClFN2. The lowest BCUT2D eigenvalue weighted by Gasteiger charge is -2.26. The molecule has 1 aliphatic heterocycles. The van der Waals surface area contributed by atoms with Gasteiger partial charge >= 0.3 is 0 Å². The number of nitrogens with zero attached hydrogens (tertiary/aromatic N) is 1. The minimum absolute atomic E-state index is 0.279. The Morgan fingerprint density at radius 3 is 2.74 bits per heavy atom. The van der Waals surface area contributed by atoms with Crippen LogP contribution < -0.4 is 5.32 Å². The van der Waals surface area contributed by atoms with E-state index in [0.717, 1.165) is 18.5 Å². The Bertz CT molecular complexity index is 392. The summed E-state index contributed by atoms with van der Waals surface area (Å²) in [4.78, 5) is 2.54. The zero-order valence-corrected chi connectivity index (χ0v) is 12.1. The first-order valence-electron chi connectivity index (χ1n) is 7.13. The third-order valence-electron chi connectivity index (χ3n) is 3.61. The Hall–Kier alpha value is -0.640. The van der Waals surface area contributed by atoms with Gasteiger partial charge in [0.15, 0.2) is 0 Å². The lowest BCUT2D eigenvalue weighted by Crippen LogP contribution is -2.32. The van der Waals surface area contributed by atoms with Crippen molar-refractivity contribution >= 4 is 11.6 Å². The van der Waals surface area contributed by atoms with Crippen molar-refractivity contribution in [2.24, 2.45) is 0 Å². The highest BCUT2D eigenvalue weighted by atomic mass is 35.5. The van der Waals surface area contributed by atoms with Gasteiger partial charge in [-0.05, 0) is 63.1 Å². The van der Waals surface area contributed by atoms with Gasteiger partial charge in [-0.15, -0.1) is 0 Å². The van der Waals surface area contributed by atoms with Gasteiger partial charge in [0.1, 0.15) is 5.82 Å². The summed E-state index contributed by atoms with van der Waals surface area (Å²) in [7, 11) is 0. The van der Waals surface area contributed by atoms with E-state index < -0.39 is 0 Å². The van der Waals surface area contributed by atoms with Crippen LogP contribution in [0.1, 0.15) is 31.2 Å². The SMILES string of the molecule is Fc1ccc(CNCCCN2CCCCC2)c(Cl)c1. The van der Waals surface area contributed by atoms with Crippen LogP contribution in [0.5, 0.6) is 0 Å². The highest BCUT2D eigenvalue weighted by molar-refractivity contribution is 6.31. The molecule has 1 aliphatic rings. The summed E-state index contributed by atoms with van der Waals surface area (Å²) in [6, 6.07) is 4.57. The van der Waals surface area contributed by atoms with Crippen molar-refractivity contribution in [2.75, 3.05) is 26.2 Å². The second kappa shape index (κ2) is 7.83. The Kier molecular flexibility index (Phi) is 6.08. The van der Waals surface area contributed by atoms with Gasteiger partial charge < -0.3 is 10.2 Å². The van der Waals surface area contributed by atoms with E-state index >= 15 is 0 Å². The number of rotatable bonds is 6. The first-order valence-corrected chi connectivity index (χ1v) is 7.50. The Morgan fingerprint density at radius 2 is 2.00 bits per heavy atom. The van der Waals surface area contributed by atoms with Gasteiger partial charge in [0.25, 0.3) is 0 Å². The van der Waals surface area contributed by atoms with Crippen LogP contribution in [0.15, 0.2) is 18.2 Å². The Morgan fingerprint density at radius 1 is 1.21 bits per heavy atom. The molecule has 0 bridgehead atoms. The highest BCUT2D eigenvalue weighted by Crippen LogP contribution is 2.16. The molecule has 19 heavy (non-hydrogen) atoms. The number of likely N-dealkylation sites (tertiary alicyclic amines) is 1. The van der Waals surface area contributed by atoms with Crippen LogP contribution in [-0.2, 0) is 6.54 Å². The molecule has 0 atom stereocenters. The van der Waals surface area contributed by atoms with Gasteiger partial charge in [-0.1, -0.05) is 24.1 Å². The summed E-state index contributed by atoms with van der Waals surface area (Å²) in [6.07, 6.45) is 5.23. The molecule has 1 N–H and O–H groups in total. The molecule has 0 unspecified atom stereocenters. The quantitative estimate of drug-likeness (QED) is 0.805. The highest BCUT2D eigenvalue weighted by Gasteiger charge is 2.08. The number of halogens is 2. The topological polar surface area (TPSA) is 15.3 Å². The molecule has 0 radical (unpaired) electrons. The second-order valence-corrected chi connectivity index (χ2v) is 5.58. The van der Waals surface area contributed by atoms with E-state index in [1.807, 2.05) is 0 Å². The van der Waals surface area contributed by atoms with E-state index in [4.69, 9.17) is 11.6 Å². The molecule has 1 aromatic rings. The molecule has 1 heterocycles. The van der Waals surface area contributed by atoms with Crippen molar-refractivity contribution < 1.29 is 4.39 Å². The maximum absolute atomic E-state index is 12.9. The van der Waals surface area contributed by atoms with E-state index in [1.165, 1.54) is 51.0 Å². The molecule has 0 amide bonds. The monoisotopic (exact) mass is 284 g/mol. The van der Waals surface area contributed by atoms with Crippen molar-refractivity contribution in [1.29, 1.82) is 0 Å². The lowest BCUT2D eigenvalue weighted by molar-refractivity contribution is 0.225. The van der Waals surface area contributed by atoms with Crippen molar-refractivity contribution in [2.45, 2.75) is 32.2 Å². The molecule has 0 spiro atoms. The van der Waals surface area contributed by atoms with Gasteiger partial charge in [0.05, 0.1) is 0 Å². The molecule has 1 fully saturated rings. The first kappa shape index (κ1) is 14.8. The Labute approximate surface area is 119 Å². The summed E-state index contributed by atoms with van der Waals surface area (Å²) in [6.45, 7) is 5.36. The lowest BCUT2D eigenvalue weighted by atomic mass is 10.1. The third kappa shape index (κ3) is 5.09. The fourth-order valence-electron chi connectivity index (χ4n) is 2.50. The predicted molar refractivity (Wildman–Crippen MR) is 78.0 cm³/mol. The number of nitrogens with one attached hydrogen (secondary N) is 1. The molecule has 0 aliphatic carbocycles. The second-order valence-electron chi connectivity index (χ2n) is 5.17. The first-order chi connectivity index (χ1) is 9.25. The fraction of sp³-hybridized carbons (Fsp3) is 0.600. The minimum Gasteiger partial charge on any atom is -0.313 e. The van der Waals surface area contributed by atoms with E-state index in [9.17, 15) is 4.39 Å². The van der Waals surface area contributed by atoms with Gasteiger partial charge in [-0.2, -0.15) is 0 Å². The van der Waals surface area contributed by atoms with Crippen LogP contribution in [-0.4, -0.2) is 31.1 Å². The van der Waals surface area contributed by atoms with Crippen LogP contribution in [0.2, 0.25) is 5.02 Å². The number of piperidine rings is 1.